The van der Waals surface area contributed by atoms with Crippen molar-refractivity contribution in [3.8, 4) is 0 Å². The molecule has 0 heterocycles. The molecule has 6 heteroatoms. The first-order chi connectivity index (χ1) is 40.0. The number of hydrogen-bond acceptors (Lipinski definition) is 6. The molecule has 456 valence electrons. The van der Waals surface area contributed by atoms with Crippen LogP contribution in [0.15, 0.2) is 158 Å². The number of allylic oxidation sites excluding steroid dienone is 26. The summed E-state index contributed by atoms with van der Waals surface area (Å²) in [4.78, 5) is 38.4. The van der Waals surface area contributed by atoms with E-state index in [1.165, 1.54) is 83.5 Å². The van der Waals surface area contributed by atoms with E-state index in [1.54, 1.807) is 0 Å². The Hall–Kier alpha value is -4.97. The van der Waals surface area contributed by atoms with Gasteiger partial charge in [0.15, 0.2) is 6.10 Å². The van der Waals surface area contributed by atoms with Crippen LogP contribution in [-0.2, 0) is 28.6 Å². The molecule has 1 atom stereocenters. The van der Waals surface area contributed by atoms with Crippen molar-refractivity contribution in [2.75, 3.05) is 13.2 Å². The third-order valence-electron chi connectivity index (χ3n) is 13.5. The molecular formula is C75H120O6. The zero-order chi connectivity index (χ0) is 58.5. The van der Waals surface area contributed by atoms with Gasteiger partial charge in [0, 0.05) is 19.3 Å². The second-order valence-corrected chi connectivity index (χ2v) is 21.3. The molecule has 0 aromatic carbocycles. The first-order valence-corrected chi connectivity index (χ1v) is 33.0. The van der Waals surface area contributed by atoms with E-state index in [1.807, 2.05) is 0 Å². The molecule has 0 aromatic rings. The van der Waals surface area contributed by atoms with E-state index in [2.05, 4.69) is 179 Å². The summed E-state index contributed by atoms with van der Waals surface area (Å²) < 4.78 is 16.9. The minimum atomic E-state index is -0.815. The number of unbranched alkanes of at least 4 members (excludes halogenated alkanes) is 21. The van der Waals surface area contributed by atoms with Crippen molar-refractivity contribution in [1.29, 1.82) is 0 Å². The lowest BCUT2D eigenvalue weighted by molar-refractivity contribution is -0.167. The smallest absolute Gasteiger partial charge is 0.306 e. The van der Waals surface area contributed by atoms with Gasteiger partial charge in [-0.15, -0.1) is 0 Å². The van der Waals surface area contributed by atoms with Crippen molar-refractivity contribution in [3.63, 3.8) is 0 Å². The number of carbonyl (C=O) groups excluding carboxylic acids is 3. The molecule has 0 aliphatic carbocycles. The molecule has 0 radical (unpaired) electrons. The predicted molar refractivity (Wildman–Crippen MR) is 352 cm³/mol. The molecule has 0 spiro atoms. The predicted octanol–water partition coefficient (Wildman–Crippen LogP) is 22.9. The van der Waals surface area contributed by atoms with Gasteiger partial charge in [-0.2, -0.15) is 0 Å². The van der Waals surface area contributed by atoms with Crippen LogP contribution < -0.4 is 0 Å². The Morgan fingerprint density at radius 3 is 0.778 bits per heavy atom. The maximum absolute atomic E-state index is 12.9. The summed E-state index contributed by atoms with van der Waals surface area (Å²) in [6, 6.07) is 0. The maximum Gasteiger partial charge on any atom is 0.306 e. The van der Waals surface area contributed by atoms with Crippen LogP contribution in [0, 0.1) is 0 Å². The van der Waals surface area contributed by atoms with Gasteiger partial charge in [-0.05, 0) is 148 Å². The molecule has 0 amide bonds. The monoisotopic (exact) mass is 1120 g/mol. The number of ether oxygens (including phenoxy) is 3. The molecule has 0 aromatic heterocycles. The SMILES string of the molecule is CC/C=C\C/C=C\C/C=C\C/C=C\C/C=C\C/C=C\C/C=C\CCCCCCCC(=O)OCC(COC(=O)CCCC/C=C\C/C=C\C/C=C\C/C=C\CC)OC(=O)CCCCCCCCCCC/C=C\C/C=C\CCCCCCC. The van der Waals surface area contributed by atoms with Crippen LogP contribution in [0.2, 0.25) is 0 Å². The average molecular weight is 1120 g/mol. The van der Waals surface area contributed by atoms with Crippen LogP contribution in [0.25, 0.3) is 0 Å². The molecule has 0 N–H and O–H groups in total. The van der Waals surface area contributed by atoms with Crippen molar-refractivity contribution in [3.05, 3.63) is 158 Å². The Bertz CT molecular complexity index is 1810. The Labute approximate surface area is 499 Å². The van der Waals surface area contributed by atoms with E-state index in [0.717, 1.165) is 148 Å². The summed E-state index contributed by atoms with van der Waals surface area (Å²) in [6.07, 6.45) is 98.2. The molecule has 0 saturated carbocycles. The van der Waals surface area contributed by atoms with Crippen molar-refractivity contribution < 1.29 is 28.6 Å². The number of esters is 3. The molecule has 81 heavy (non-hydrogen) atoms. The van der Waals surface area contributed by atoms with E-state index in [4.69, 9.17) is 14.2 Å². The van der Waals surface area contributed by atoms with Crippen molar-refractivity contribution >= 4 is 17.9 Å². The Balaban J connectivity index is 4.47. The number of hydrogen-bond donors (Lipinski definition) is 0. The van der Waals surface area contributed by atoms with Crippen molar-refractivity contribution in [2.45, 2.75) is 284 Å². The number of carbonyl (C=O) groups is 3. The lowest BCUT2D eigenvalue weighted by atomic mass is 10.1. The van der Waals surface area contributed by atoms with Gasteiger partial charge < -0.3 is 14.2 Å². The molecule has 0 rings (SSSR count). The van der Waals surface area contributed by atoms with E-state index < -0.39 is 6.10 Å². The summed E-state index contributed by atoms with van der Waals surface area (Å²) in [7, 11) is 0. The zero-order valence-electron chi connectivity index (χ0n) is 52.2. The van der Waals surface area contributed by atoms with E-state index in [9.17, 15) is 14.4 Å². The molecule has 0 aliphatic rings. The Morgan fingerprint density at radius 2 is 0.481 bits per heavy atom. The van der Waals surface area contributed by atoms with Crippen LogP contribution >= 0.6 is 0 Å². The minimum Gasteiger partial charge on any atom is -0.462 e. The van der Waals surface area contributed by atoms with Crippen LogP contribution in [0.5, 0.6) is 0 Å². The van der Waals surface area contributed by atoms with E-state index in [0.29, 0.717) is 25.7 Å². The summed E-state index contributed by atoms with van der Waals surface area (Å²) in [6.45, 7) is 6.35. The molecule has 6 nitrogen and oxygen atoms in total. The Morgan fingerprint density at radius 1 is 0.259 bits per heavy atom. The molecular weight excluding hydrogens is 997 g/mol. The molecule has 0 bridgehead atoms. The summed E-state index contributed by atoms with van der Waals surface area (Å²) in [5, 5.41) is 0. The largest absolute Gasteiger partial charge is 0.462 e. The van der Waals surface area contributed by atoms with Gasteiger partial charge in [-0.25, -0.2) is 0 Å². The highest BCUT2D eigenvalue weighted by atomic mass is 16.6. The minimum absolute atomic E-state index is 0.110. The molecule has 0 saturated heterocycles. The van der Waals surface area contributed by atoms with Gasteiger partial charge in [0.05, 0.1) is 0 Å². The van der Waals surface area contributed by atoms with Gasteiger partial charge in [-0.3, -0.25) is 14.4 Å². The van der Waals surface area contributed by atoms with E-state index >= 15 is 0 Å². The van der Waals surface area contributed by atoms with Gasteiger partial charge >= 0.3 is 17.9 Å². The van der Waals surface area contributed by atoms with Gasteiger partial charge in [-0.1, -0.05) is 269 Å². The highest BCUT2D eigenvalue weighted by molar-refractivity contribution is 5.71. The standard InChI is InChI=1S/C75H120O6/c1-4-7-10-13-16-19-22-25-28-30-32-34-35-36-37-38-39-41-42-44-47-50-53-56-59-62-65-68-74(77)80-71-72(70-79-73(76)67-64-61-58-55-52-49-46-27-24-21-18-15-12-9-6-3)81-75(78)69-66-63-60-57-54-51-48-45-43-40-33-31-29-26-23-20-17-14-11-8-5-2/h7,9-10,12,16,18-19,21,23,25-28,31-34,36-37,39,41,44,46-47,52,55,72H,4-6,8,11,13-15,17,20,22,24,29-30,35,38,40,42-43,45,48-51,53-54,56-71H2,1-3H3/b10-7-,12-9-,19-16-,21-18-,26-23-,28-25-,33-31-,34-32-,37-36-,41-39-,46-27-,47-44-,55-52-. The van der Waals surface area contributed by atoms with Gasteiger partial charge in [0.2, 0.25) is 0 Å². The second-order valence-electron chi connectivity index (χ2n) is 21.3. The average Bonchev–Trinajstić information content (AvgIpc) is 3.47. The van der Waals surface area contributed by atoms with Gasteiger partial charge in [0.1, 0.15) is 13.2 Å². The first kappa shape index (κ1) is 76.0. The number of rotatable bonds is 58. The fourth-order valence-corrected chi connectivity index (χ4v) is 8.62. The molecule has 0 fully saturated rings. The first-order valence-electron chi connectivity index (χ1n) is 33.0. The lowest BCUT2D eigenvalue weighted by Crippen LogP contribution is -2.30. The van der Waals surface area contributed by atoms with Gasteiger partial charge in [0.25, 0.3) is 0 Å². The topological polar surface area (TPSA) is 78.9 Å². The fraction of sp³-hybridized carbons (Fsp3) is 0.613. The normalized spacial score (nSPS) is 13.2. The quantitative estimate of drug-likeness (QED) is 0.0261. The molecule has 1 unspecified atom stereocenters. The van der Waals surface area contributed by atoms with Crippen LogP contribution in [0.1, 0.15) is 278 Å². The lowest BCUT2D eigenvalue weighted by Gasteiger charge is -2.18. The van der Waals surface area contributed by atoms with Crippen LogP contribution in [-0.4, -0.2) is 37.2 Å². The van der Waals surface area contributed by atoms with Crippen molar-refractivity contribution in [1.82, 2.24) is 0 Å². The zero-order valence-corrected chi connectivity index (χ0v) is 52.2. The van der Waals surface area contributed by atoms with E-state index in [-0.39, 0.29) is 31.1 Å². The molecule has 0 aliphatic heterocycles. The Kier molecular flexibility index (Phi) is 63.4. The van der Waals surface area contributed by atoms with Crippen LogP contribution in [0.4, 0.5) is 0 Å². The summed E-state index contributed by atoms with van der Waals surface area (Å²) >= 11 is 0. The fourth-order valence-electron chi connectivity index (χ4n) is 8.62. The highest BCUT2D eigenvalue weighted by Crippen LogP contribution is 2.15. The van der Waals surface area contributed by atoms with Crippen molar-refractivity contribution in [2.24, 2.45) is 0 Å². The highest BCUT2D eigenvalue weighted by Gasteiger charge is 2.19. The third kappa shape index (κ3) is 65.7. The van der Waals surface area contributed by atoms with Crippen LogP contribution in [0.3, 0.4) is 0 Å². The maximum atomic E-state index is 12.9. The summed E-state index contributed by atoms with van der Waals surface area (Å²) in [5.41, 5.74) is 0. The second kappa shape index (κ2) is 67.5. The summed E-state index contributed by atoms with van der Waals surface area (Å²) in [5.74, 6) is -0.974. The third-order valence-corrected chi connectivity index (χ3v) is 13.5.